The SMILES string of the molecule is C=C1CCOC(Oc2ccccc2)(Oc2ccccc2)OC1. The van der Waals surface area contributed by atoms with E-state index in [1.165, 1.54) is 0 Å². The maximum Gasteiger partial charge on any atom is 0.510 e. The average molecular weight is 298 g/mol. The second kappa shape index (κ2) is 6.64. The molecule has 1 saturated heterocycles. The summed E-state index contributed by atoms with van der Waals surface area (Å²) in [7, 11) is 0. The Bertz CT molecular complexity index is 568. The number of rotatable bonds is 4. The number of hydrogen-bond donors (Lipinski definition) is 0. The predicted octanol–water partition coefficient (Wildman–Crippen LogP) is 3.75. The molecule has 2 aromatic carbocycles. The molecule has 0 saturated carbocycles. The highest BCUT2D eigenvalue weighted by Crippen LogP contribution is 2.28. The second-order valence-corrected chi connectivity index (χ2v) is 4.97. The number of ether oxygens (including phenoxy) is 4. The van der Waals surface area contributed by atoms with Crippen LogP contribution in [0.3, 0.4) is 0 Å². The highest BCUT2D eigenvalue weighted by atomic mass is 17.0. The minimum Gasteiger partial charge on any atom is -0.407 e. The summed E-state index contributed by atoms with van der Waals surface area (Å²) in [4.78, 5) is 0. The Hall–Kier alpha value is -2.30. The van der Waals surface area contributed by atoms with Crippen molar-refractivity contribution in [2.75, 3.05) is 13.2 Å². The van der Waals surface area contributed by atoms with E-state index >= 15 is 0 Å². The minimum atomic E-state index is -1.61. The minimum absolute atomic E-state index is 0.319. The summed E-state index contributed by atoms with van der Waals surface area (Å²) in [5.74, 6) is 1.21. The summed E-state index contributed by atoms with van der Waals surface area (Å²) >= 11 is 0. The zero-order valence-corrected chi connectivity index (χ0v) is 12.2. The largest absolute Gasteiger partial charge is 0.510 e. The lowest BCUT2D eigenvalue weighted by molar-refractivity contribution is -0.432. The van der Waals surface area contributed by atoms with Crippen molar-refractivity contribution in [2.45, 2.75) is 12.6 Å². The van der Waals surface area contributed by atoms with Gasteiger partial charge in [-0.3, -0.25) is 9.47 Å². The van der Waals surface area contributed by atoms with Gasteiger partial charge in [0.05, 0.1) is 13.2 Å². The van der Waals surface area contributed by atoms with Crippen LogP contribution in [0.1, 0.15) is 6.42 Å². The number of benzene rings is 2. The molecule has 2 aromatic rings. The van der Waals surface area contributed by atoms with Crippen molar-refractivity contribution in [1.29, 1.82) is 0 Å². The molecule has 114 valence electrons. The van der Waals surface area contributed by atoms with Crippen LogP contribution in [0, 0.1) is 0 Å². The van der Waals surface area contributed by atoms with Crippen molar-refractivity contribution in [3.8, 4) is 11.5 Å². The molecule has 0 spiro atoms. The zero-order chi connectivity index (χ0) is 15.3. The van der Waals surface area contributed by atoms with E-state index in [-0.39, 0.29) is 0 Å². The molecule has 1 aliphatic rings. The molecule has 4 nitrogen and oxygen atoms in total. The third-order valence-corrected chi connectivity index (χ3v) is 3.16. The third-order valence-electron chi connectivity index (χ3n) is 3.16. The molecule has 22 heavy (non-hydrogen) atoms. The van der Waals surface area contributed by atoms with E-state index in [9.17, 15) is 0 Å². The van der Waals surface area contributed by atoms with E-state index in [0.717, 1.165) is 5.57 Å². The summed E-state index contributed by atoms with van der Waals surface area (Å²) in [6, 6.07) is 18.6. The first-order valence-electron chi connectivity index (χ1n) is 7.18. The molecule has 3 rings (SSSR count). The van der Waals surface area contributed by atoms with Gasteiger partial charge in [0.1, 0.15) is 11.5 Å². The van der Waals surface area contributed by atoms with Gasteiger partial charge >= 0.3 is 6.16 Å². The lowest BCUT2D eigenvalue weighted by atomic mass is 10.2. The van der Waals surface area contributed by atoms with E-state index in [1.54, 1.807) is 0 Å². The van der Waals surface area contributed by atoms with Crippen LogP contribution in [-0.4, -0.2) is 19.4 Å². The molecule has 0 aromatic heterocycles. The van der Waals surface area contributed by atoms with Crippen LogP contribution in [0.5, 0.6) is 11.5 Å². The standard InChI is InChI=1S/C18H18O4/c1-15-12-13-19-18(20-14-15,21-16-8-4-2-5-9-16)22-17-10-6-3-7-11-17/h2-11H,1,12-14H2. The highest BCUT2D eigenvalue weighted by Gasteiger charge is 2.41. The van der Waals surface area contributed by atoms with Crippen molar-refractivity contribution in [3.63, 3.8) is 0 Å². The molecular formula is C18H18O4. The van der Waals surface area contributed by atoms with Gasteiger partial charge in [0.25, 0.3) is 0 Å². The first kappa shape index (κ1) is 14.6. The highest BCUT2D eigenvalue weighted by molar-refractivity contribution is 5.23. The Balaban J connectivity index is 1.85. The molecule has 0 atom stereocenters. The van der Waals surface area contributed by atoms with Gasteiger partial charge in [-0.25, -0.2) is 0 Å². The molecule has 0 aliphatic carbocycles. The summed E-state index contributed by atoms with van der Waals surface area (Å²) in [6.07, 6.45) is -0.903. The molecule has 0 amide bonds. The second-order valence-electron chi connectivity index (χ2n) is 4.97. The monoisotopic (exact) mass is 298 g/mol. The normalized spacial score (nSPS) is 17.5. The van der Waals surface area contributed by atoms with Crippen LogP contribution in [0.2, 0.25) is 0 Å². The van der Waals surface area contributed by atoms with Crippen molar-refractivity contribution >= 4 is 0 Å². The zero-order valence-electron chi connectivity index (χ0n) is 12.2. The molecule has 4 heteroatoms. The summed E-state index contributed by atoms with van der Waals surface area (Å²) in [6.45, 7) is 4.67. The fraction of sp³-hybridized carbons (Fsp3) is 0.222. The van der Waals surface area contributed by atoms with E-state index in [4.69, 9.17) is 18.9 Å². The van der Waals surface area contributed by atoms with Gasteiger partial charge in [-0.05, 0) is 36.3 Å². The van der Waals surface area contributed by atoms with Gasteiger partial charge in [-0.1, -0.05) is 43.0 Å². The molecule has 1 fully saturated rings. The third kappa shape index (κ3) is 3.67. The Morgan fingerprint density at radius 2 is 1.36 bits per heavy atom. The van der Waals surface area contributed by atoms with E-state index in [1.807, 2.05) is 60.7 Å². The van der Waals surface area contributed by atoms with Crippen molar-refractivity contribution < 1.29 is 18.9 Å². The number of hydrogen-bond acceptors (Lipinski definition) is 4. The fourth-order valence-corrected chi connectivity index (χ4v) is 2.03. The van der Waals surface area contributed by atoms with Crippen molar-refractivity contribution in [1.82, 2.24) is 0 Å². The smallest absolute Gasteiger partial charge is 0.407 e. The Kier molecular flexibility index (Phi) is 4.42. The molecular weight excluding hydrogens is 280 g/mol. The number of para-hydroxylation sites is 2. The van der Waals surface area contributed by atoms with Gasteiger partial charge in [-0.2, -0.15) is 0 Å². The van der Waals surface area contributed by atoms with Gasteiger partial charge < -0.3 is 9.47 Å². The lowest BCUT2D eigenvalue weighted by Crippen LogP contribution is -2.47. The lowest BCUT2D eigenvalue weighted by Gasteiger charge is -2.30. The summed E-state index contributed by atoms with van der Waals surface area (Å²) in [5.41, 5.74) is 0.940. The maximum absolute atomic E-state index is 5.87. The van der Waals surface area contributed by atoms with Crippen molar-refractivity contribution in [2.24, 2.45) is 0 Å². The predicted molar refractivity (Wildman–Crippen MR) is 82.5 cm³/mol. The van der Waals surface area contributed by atoms with Crippen LogP contribution in [-0.2, 0) is 9.47 Å². The van der Waals surface area contributed by atoms with Crippen LogP contribution >= 0.6 is 0 Å². The van der Waals surface area contributed by atoms with E-state index in [0.29, 0.717) is 31.1 Å². The molecule has 0 N–H and O–H groups in total. The van der Waals surface area contributed by atoms with Crippen LogP contribution in [0.25, 0.3) is 0 Å². The molecule has 0 unspecified atom stereocenters. The topological polar surface area (TPSA) is 36.9 Å². The van der Waals surface area contributed by atoms with Gasteiger partial charge in [0, 0.05) is 0 Å². The van der Waals surface area contributed by atoms with E-state index < -0.39 is 6.16 Å². The Morgan fingerprint density at radius 3 is 1.91 bits per heavy atom. The molecule has 0 radical (unpaired) electrons. The maximum atomic E-state index is 5.87. The summed E-state index contributed by atoms with van der Waals surface area (Å²) < 4.78 is 23.2. The van der Waals surface area contributed by atoms with Gasteiger partial charge in [0.2, 0.25) is 0 Å². The van der Waals surface area contributed by atoms with Crippen LogP contribution in [0.15, 0.2) is 72.8 Å². The van der Waals surface area contributed by atoms with Crippen LogP contribution < -0.4 is 9.47 Å². The van der Waals surface area contributed by atoms with Crippen LogP contribution in [0.4, 0.5) is 0 Å². The molecule has 0 bridgehead atoms. The molecule has 1 heterocycles. The molecule has 1 aliphatic heterocycles. The summed E-state index contributed by atoms with van der Waals surface area (Å²) in [5, 5.41) is 0. The van der Waals surface area contributed by atoms with Crippen molar-refractivity contribution in [3.05, 3.63) is 72.8 Å². The van der Waals surface area contributed by atoms with Gasteiger partial charge in [0.15, 0.2) is 0 Å². The first-order chi connectivity index (χ1) is 10.8. The quantitative estimate of drug-likeness (QED) is 0.636. The Labute approximate surface area is 129 Å². The fourth-order valence-electron chi connectivity index (χ4n) is 2.03. The first-order valence-corrected chi connectivity index (χ1v) is 7.18. The van der Waals surface area contributed by atoms with E-state index in [2.05, 4.69) is 6.58 Å². The average Bonchev–Trinajstić information content (AvgIpc) is 2.72. The Morgan fingerprint density at radius 1 is 0.818 bits per heavy atom. The van der Waals surface area contributed by atoms with Gasteiger partial charge in [-0.15, -0.1) is 0 Å².